The predicted octanol–water partition coefficient (Wildman–Crippen LogP) is 1.38. The number of nitrogens with one attached hydrogen (secondary N) is 1. The summed E-state index contributed by atoms with van der Waals surface area (Å²) in [6.45, 7) is 3.95. The molecule has 0 aliphatic carbocycles. The summed E-state index contributed by atoms with van der Waals surface area (Å²) >= 11 is 0. The molecule has 0 spiro atoms. The van der Waals surface area contributed by atoms with Crippen molar-refractivity contribution in [2.45, 2.75) is 20.3 Å². The minimum Gasteiger partial charge on any atom is -0.507 e. The number of phenols is 1. The molecule has 5 nitrogen and oxygen atoms in total. The van der Waals surface area contributed by atoms with Gasteiger partial charge < -0.3 is 15.2 Å². The molecule has 5 heteroatoms. The van der Waals surface area contributed by atoms with Crippen molar-refractivity contribution in [3.63, 3.8) is 0 Å². The standard InChI is InChI=1S/C13H17NO4/c1-3-18-11(15)7-8-14-13(17)10-6-4-5-9(2)12(10)16/h4-6,16H,3,7-8H2,1-2H3,(H,14,17). The van der Waals surface area contributed by atoms with E-state index in [9.17, 15) is 14.7 Å². The number of benzene rings is 1. The highest BCUT2D eigenvalue weighted by Gasteiger charge is 2.12. The molecule has 1 amide bonds. The number of aryl methyl sites for hydroxylation is 1. The topological polar surface area (TPSA) is 75.6 Å². The molecule has 0 unspecified atom stereocenters. The van der Waals surface area contributed by atoms with E-state index in [0.29, 0.717) is 12.2 Å². The predicted molar refractivity (Wildman–Crippen MR) is 66.4 cm³/mol. The Hall–Kier alpha value is -2.04. The molecule has 0 heterocycles. The SMILES string of the molecule is CCOC(=O)CCNC(=O)c1cccc(C)c1O. The van der Waals surface area contributed by atoms with Crippen molar-refractivity contribution < 1.29 is 19.4 Å². The lowest BCUT2D eigenvalue weighted by Gasteiger charge is -2.08. The van der Waals surface area contributed by atoms with E-state index < -0.39 is 5.91 Å². The molecule has 0 saturated carbocycles. The molecule has 0 atom stereocenters. The van der Waals surface area contributed by atoms with E-state index in [2.05, 4.69) is 5.32 Å². The highest BCUT2D eigenvalue weighted by atomic mass is 16.5. The molecule has 1 aromatic rings. The molecular formula is C13H17NO4. The van der Waals surface area contributed by atoms with Crippen LogP contribution in [-0.2, 0) is 9.53 Å². The summed E-state index contributed by atoms with van der Waals surface area (Å²) in [6.07, 6.45) is 0.117. The normalized spacial score (nSPS) is 9.89. The first-order valence-corrected chi connectivity index (χ1v) is 5.78. The molecule has 0 aliphatic rings. The van der Waals surface area contributed by atoms with Crippen molar-refractivity contribution in [3.05, 3.63) is 29.3 Å². The van der Waals surface area contributed by atoms with E-state index in [-0.39, 0.29) is 30.2 Å². The largest absolute Gasteiger partial charge is 0.507 e. The maximum absolute atomic E-state index is 11.7. The first-order valence-electron chi connectivity index (χ1n) is 5.78. The average molecular weight is 251 g/mol. The monoisotopic (exact) mass is 251 g/mol. The van der Waals surface area contributed by atoms with Gasteiger partial charge in [-0.25, -0.2) is 0 Å². The van der Waals surface area contributed by atoms with E-state index in [4.69, 9.17) is 4.74 Å². The van der Waals surface area contributed by atoms with E-state index in [1.54, 1.807) is 26.0 Å². The maximum atomic E-state index is 11.7. The van der Waals surface area contributed by atoms with Crippen LogP contribution < -0.4 is 5.32 Å². The van der Waals surface area contributed by atoms with Crippen LogP contribution in [0.15, 0.2) is 18.2 Å². The number of hydrogen-bond acceptors (Lipinski definition) is 4. The summed E-state index contributed by atoms with van der Waals surface area (Å²) in [5.41, 5.74) is 0.840. The van der Waals surface area contributed by atoms with Crippen molar-refractivity contribution in [2.24, 2.45) is 0 Å². The van der Waals surface area contributed by atoms with Gasteiger partial charge in [0.05, 0.1) is 18.6 Å². The number of ether oxygens (including phenoxy) is 1. The van der Waals surface area contributed by atoms with Gasteiger partial charge in [0.15, 0.2) is 0 Å². The molecule has 0 radical (unpaired) electrons. The van der Waals surface area contributed by atoms with Crippen molar-refractivity contribution in [3.8, 4) is 5.75 Å². The van der Waals surface area contributed by atoms with Crippen LogP contribution >= 0.6 is 0 Å². The lowest BCUT2D eigenvalue weighted by Crippen LogP contribution is -2.26. The summed E-state index contributed by atoms with van der Waals surface area (Å²) < 4.78 is 4.73. The van der Waals surface area contributed by atoms with E-state index in [1.165, 1.54) is 6.07 Å². The first kappa shape index (κ1) is 14.0. The Morgan fingerprint density at radius 3 is 2.78 bits per heavy atom. The number of hydrogen-bond donors (Lipinski definition) is 2. The van der Waals surface area contributed by atoms with Gasteiger partial charge in [0.1, 0.15) is 5.75 Å². The Kier molecular flexibility index (Phi) is 5.17. The van der Waals surface area contributed by atoms with Gasteiger partial charge in [-0.05, 0) is 25.5 Å². The fraction of sp³-hybridized carbons (Fsp3) is 0.385. The molecule has 0 saturated heterocycles. The van der Waals surface area contributed by atoms with Gasteiger partial charge in [-0.15, -0.1) is 0 Å². The molecule has 0 fully saturated rings. The number of carbonyl (C=O) groups is 2. The van der Waals surface area contributed by atoms with Gasteiger partial charge >= 0.3 is 5.97 Å². The van der Waals surface area contributed by atoms with Crippen LogP contribution in [0.4, 0.5) is 0 Å². The van der Waals surface area contributed by atoms with Crippen molar-refractivity contribution in [2.75, 3.05) is 13.2 Å². The van der Waals surface area contributed by atoms with Gasteiger partial charge in [0.2, 0.25) is 0 Å². The third kappa shape index (κ3) is 3.76. The zero-order valence-corrected chi connectivity index (χ0v) is 10.5. The van der Waals surface area contributed by atoms with Gasteiger partial charge in [0, 0.05) is 6.54 Å². The lowest BCUT2D eigenvalue weighted by atomic mass is 10.1. The van der Waals surface area contributed by atoms with Crippen LogP contribution in [0.5, 0.6) is 5.75 Å². The molecule has 0 aromatic heterocycles. The molecular weight excluding hydrogens is 234 g/mol. The number of aromatic hydroxyl groups is 1. The van der Waals surface area contributed by atoms with E-state index >= 15 is 0 Å². The molecule has 1 rings (SSSR count). The maximum Gasteiger partial charge on any atom is 0.307 e. The molecule has 98 valence electrons. The molecule has 1 aromatic carbocycles. The van der Waals surface area contributed by atoms with Crippen LogP contribution in [0.3, 0.4) is 0 Å². The Morgan fingerprint density at radius 1 is 1.39 bits per heavy atom. The summed E-state index contributed by atoms with van der Waals surface area (Å²) in [4.78, 5) is 22.8. The van der Waals surface area contributed by atoms with Crippen LogP contribution in [-0.4, -0.2) is 30.1 Å². The molecule has 2 N–H and O–H groups in total. The Balaban J connectivity index is 2.51. The smallest absolute Gasteiger partial charge is 0.307 e. The van der Waals surface area contributed by atoms with Gasteiger partial charge in [-0.3, -0.25) is 9.59 Å². The molecule has 0 bridgehead atoms. The summed E-state index contributed by atoms with van der Waals surface area (Å²) in [7, 11) is 0. The minimum absolute atomic E-state index is 0.0360. The number of rotatable bonds is 5. The Morgan fingerprint density at radius 2 is 2.11 bits per heavy atom. The van der Waals surface area contributed by atoms with E-state index in [1.807, 2.05) is 0 Å². The number of phenolic OH excluding ortho intramolecular Hbond substituents is 1. The van der Waals surface area contributed by atoms with Crippen LogP contribution in [0.1, 0.15) is 29.3 Å². The second-order valence-corrected chi connectivity index (χ2v) is 3.78. The third-order valence-electron chi connectivity index (χ3n) is 2.40. The van der Waals surface area contributed by atoms with Gasteiger partial charge in [-0.2, -0.15) is 0 Å². The zero-order chi connectivity index (χ0) is 13.5. The number of para-hydroxylation sites is 1. The number of carbonyl (C=O) groups excluding carboxylic acids is 2. The van der Waals surface area contributed by atoms with Gasteiger partial charge in [-0.1, -0.05) is 12.1 Å². The highest BCUT2D eigenvalue weighted by molar-refractivity contribution is 5.97. The minimum atomic E-state index is -0.402. The molecule has 18 heavy (non-hydrogen) atoms. The van der Waals surface area contributed by atoms with Crippen molar-refractivity contribution in [1.82, 2.24) is 5.32 Å². The number of amides is 1. The Labute approximate surface area is 106 Å². The Bertz CT molecular complexity index is 443. The van der Waals surface area contributed by atoms with E-state index in [0.717, 1.165) is 0 Å². The summed E-state index contributed by atoms with van der Waals surface area (Å²) in [5.74, 6) is -0.794. The third-order valence-corrected chi connectivity index (χ3v) is 2.40. The van der Waals surface area contributed by atoms with Crippen molar-refractivity contribution in [1.29, 1.82) is 0 Å². The van der Waals surface area contributed by atoms with Crippen LogP contribution in [0.2, 0.25) is 0 Å². The average Bonchev–Trinajstić information content (AvgIpc) is 2.33. The second kappa shape index (κ2) is 6.64. The second-order valence-electron chi connectivity index (χ2n) is 3.78. The summed E-state index contributed by atoms with van der Waals surface area (Å²) in [5, 5.41) is 12.3. The van der Waals surface area contributed by atoms with Crippen LogP contribution in [0.25, 0.3) is 0 Å². The lowest BCUT2D eigenvalue weighted by molar-refractivity contribution is -0.142. The quantitative estimate of drug-likeness (QED) is 0.775. The highest BCUT2D eigenvalue weighted by Crippen LogP contribution is 2.20. The molecule has 0 aliphatic heterocycles. The van der Waals surface area contributed by atoms with Gasteiger partial charge in [0.25, 0.3) is 5.91 Å². The fourth-order valence-electron chi connectivity index (χ4n) is 1.45. The summed E-state index contributed by atoms with van der Waals surface area (Å²) in [6, 6.07) is 4.93. The van der Waals surface area contributed by atoms with Crippen molar-refractivity contribution >= 4 is 11.9 Å². The zero-order valence-electron chi connectivity index (χ0n) is 10.5. The first-order chi connectivity index (χ1) is 8.56. The fourth-order valence-corrected chi connectivity index (χ4v) is 1.45. The van der Waals surface area contributed by atoms with Crippen LogP contribution in [0, 0.1) is 6.92 Å². The number of esters is 1.